The largest absolute Gasteiger partial charge is 0.389 e. The van der Waals surface area contributed by atoms with Crippen LogP contribution in [0.5, 0.6) is 0 Å². The molecule has 1 aliphatic heterocycles. The molecule has 0 aliphatic carbocycles. The van der Waals surface area contributed by atoms with Crippen molar-refractivity contribution in [2.24, 2.45) is 11.1 Å². The number of nitrogens with two attached hydrogens (primary N) is 1. The zero-order chi connectivity index (χ0) is 15.6. The molecule has 1 aromatic heterocycles. The first-order valence-corrected chi connectivity index (χ1v) is 7.92. The van der Waals surface area contributed by atoms with Crippen LogP contribution in [-0.4, -0.2) is 41.6 Å². The van der Waals surface area contributed by atoms with Gasteiger partial charge in [-0.2, -0.15) is 0 Å². The first kappa shape index (κ1) is 16.2. The highest BCUT2D eigenvalue weighted by molar-refractivity contribution is 7.80. The van der Waals surface area contributed by atoms with Gasteiger partial charge < -0.3 is 16.0 Å². The molecule has 1 aromatic rings. The minimum absolute atomic E-state index is 0.324. The van der Waals surface area contributed by atoms with Gasteiger partial charge in [-0.1, -0.05) is 19.1 Å². The number of likely N-dealkylation sites (tertiary alicyclic amines) is 1. The van der Waals surface area contributed by atoms with Crippen LogP contribution in [0.2, 0.25) is 0 Å². The zero-order valence-corrected chi connectivity index (χ0v) is 14.3. The number of nitrogens with one attached hydrogen (secondary N) is 1. The van der Waals surface area contributed by atoms with Gasteiger partial charge in [-0.15, -0.1) is 0 Å². The number of hydrogen-bond acceptors (Lipinski definition) is 4. The average Bonchev–Trinajstić information content (AvgIpc) is 2.39. The van der Waals surface area contributed by atoms with Crippen molar-refractivity contribution >= 4 is 22.9 Å². The fraction of sp³-hybridized carbons (Fsp3) is 0.625. The average molecular weight is 306 g/mol. The van der Waals surface area contributed by atoms with Crippen molar-refractivity contribution in [3.05, 3.63) is 23.0 Å². The quantitative estimate of drug-likeness (QED) is 0.837. The number of thiocarbonyl (C=S) groups is 1. The van der Waals surface area contributed by atoms with Crippen LogP contribution < -0.4 is 11.1 Å². The number of nitrogens with zero attached hydrogens (tertiary/aromatic N) is 2. The van der Waals surface area contributed by atoms with E-state index in [1.54, 1.807) is 0 Å². The van der Waals surface area contributed by atoms with Gasteiger partial charge in [-0.3, -0.25) is 4.98 Å². The summed E-state index contributed by atoms with van der Waals surface area (Å²) in [6, 6.07) is 2.04. The van der Waals surface area contributed by atoms with E-state index in [-0.39, 0.29) is 0 Å². The third-order valence-electron chi connectivity index (χ3n) is 4.47. The Morgan fingerprint density at radius 3 is 2.62 bits per heavy atom. The molecule has 1 saturated heterocycles. The molecular formula is C16H26N4S. The lowest BCUT2D eigenvalue weighted by molar-refractivity contribution is 0.150. The highest BCUT2D eigenvalue weighted by atomic mass is 32.1. The van der Waals surface area contributed by atoms with Crippen LogP contribution in [0.25, 0.3) is 0 Å². The molecule has 2 rings (SSSR count). The molecule has 0 amide bonds. The van der Waals surface area contributed by atoms with E-state index in [1.165, 1.54) is 12.8 Å². The number of pyridine rings is 1. The molecule has 0 radical (unpaired) electrons. The van der Waals surface area contributed by atoms with Crippen LogP contribution in [-0.2, 0) is 0 Å². The lowest BCUT2D eigenvalue weighted by Crippen LogP contribution is -2.40. The molecule has 0 saturated carbocycles. The van der Waals surface area contributed by atoms with E-state index < -0.39 is 0 Å². The van der Waals surface area contributed by atoms with E-state index in [1.807, 2.05) is 19.9 Å². The lowest BCUT2D eigenvalue weighted by atomic mass is 9.80. The van der Waals surface area contributed by atoms with Crippen LogP contribution in [0.3, 0.4) is 0 Å². The maximum atomic E-state index is 5.87. The third kappa shape index (κ3) is 3.92. The van der Waals surface area contributed by atoms with E-state index in [0.717, 1.165) is 42.3 Å². The van der Waals surface area contributed by atoms with Crippen molar-refractivity contribution < 1.29 is 0 Å². The van der Waals surface area contributed by atoms with Crippen molar-refractivity contribution in [3.8, 4) is 0 Å². The molecule has 0 spiro atoms. The topological polar surface area (TPSA) is 54.2 Å². The molecule has 1 aliphatic rings. The molecule has 3 N–H and O–H groups in total. The lowest BCUT2D eigenvalue weighted by Gasteiger charge is -2.38. The molecule has 0 bridgehead atoms. The predicted octanol–water partition coefficient (Wildman–Crippen LogP) is 2.48. The summed E-state index contributed by atoms with van der Waals surface area (Å²) in [5.74, 6) is 0. The second kappa shape index (κ2) is 6.28. The van der Waals surface area contributed by atoms with E-state index in [4.69, 9.17) is 18.0 Å². The number of piperidine rings is 1. The summed E-state index contributed by atoms with van der Waals surface area (Å²) in [6.45, 7) is 9.58. The summed E-state index contributed by atoms with van der Waals surface area (Å²) < 4.78 is 0. The maximum Gasteiger partial charge on any atom is 0.107 e. The van der Waals surface area contributed by atoms with Gasteiger partial charge in [0.2, 0.25) is 0 Å². The maximum absolute atomic E-state index is 5.87. The Labute approximate surface area is 133 Å². The van der Waals surface area contributed by atoms with Crippen molar-refractivity contribution in [2.75, 3.05) is 32.0 Å². The van der Waals surface area contributed by atoms with Crippen LogP contribution in [0.1, 0.15) is 36.7 Å². The molecule has 1 fully saturated rings. The first-order chi connectivity index (χ1) is 9.81. The van der Waals surface area contributed by atoms with Crippen LogP contribution >= 0.6 is 12.2 Å². The minimum Gasteiger partial charge on any atom is -0.389 e. The van der Waals surface area contributed by atoms with Crippen LogP contribution in [0, 0.1) is 19.3 Å². The van der Waals surface area contributed by atoms with Gasteiger partial charge in [0.15, 0.2) is 0 Å². The Bertz CT molecular complexity index is 533. The molecular weight excluding hydrogens is 280 g/mol. The number of rotatable bonds is 4. The number of anilines is 1. The van der Waals surface area contributed by atoms with E-state index >= 15 is 0 Å². The Balaban J connectivity index is 2.14. The van der Waals surface area contributed by atoms with Gasteiger partial charge in [0.1, 0.15) is 4.99 Å². The number of aryl methyl sites for hydroxylation is 2. The Hall–Kier alpha value is -1.20. The standard InChI is InChI=1S/C16H26N4S/c1-11-9-13(14(15(17)21)12(2)19-11)18-10-16(3)5-7-20(4)8-6-16/h9H,5-8,10H2,1-4H3,(H2,17,21)(H,18,19). The monoisotopic (exact) mass is 306 g/mol. The fourth-order valence-corrected chi connectivity index (χ4v) is 3.18. The van der Waals surface area contributed by atoms with Gasteiger partial charge >= 0.3 is 0 Å². The smallest absolute Gasteiger partial charge is 0.107 e. The molecule has 2 heterocycles. The van der Waals surface area contributed by atoms with Crippen molar-refractivity contribution in [3.63, 3.8) is 0 Å². The molecule has 5 heteroatoms. The van der Waals surface area contributed by atoms with E-state index in [2.05, 4.69) is 29.2 Å². The van der Waals surface area contributed by atoms with Crippen LogP contribution in [0.15, 0.2) is 6.07 Å². The number of hydrogen-bond donors (Lipinski definition) is 2. The molecule has 0 unspecified atom stereocenters. The van der Waals surface area contributed by atoms with Gasteiger partial charge in [0.05, 0.1) is 5.56 Å². The van der Waals surface area contributed by atoms with Gasteiger partial charge in [-0.05, 0) is 58.3 Å². The number of aromatic nitrogens is 1. The summed E-state index contributed by atoms with van der Waals surface area (Å²) in [4.78, 5) is 7.27. The van der Waals surface area contributed by atoms with Crippen molar-refractivity contribution in [1.82, 2.24) is 9.88 Å². The summed E-state index contributed by atoms with van der Waals surface area (Å²) in [5, 5.41) is 3.58. The van der Waals surface area contributed by atoms with Gasteiger partial charge in [-0.25, -0.2) is 0 Å². The SMILES string of the molecule is Cc1cc(NCC2(C)CCN(C)CC2)c(C(N)=S)c(C)n1. The zero-order valence-electron chi connectivity index (χ0n) is 13.5. The predicted molar refractivity (Wildman–Crippen MR) is 92.9 cm³/mol. The molecule has 4 nitrogen and oxygen atoms in total. The fourth-order valence-electron chi connectivity index (χ4n) is 2.92. The van der Waals surface area contributed by atoms with E-state index in [0.29, 0.717) is 10.4 Å². The van der Waals surface area contributed by atoms with E-state index in [9.17, 15) is 0 Å². The molecule has 0 aromatic carbocycles. The molecule has 116 valence electrons. The first-order valence-electron chi connectivity index (χ1n) is 7.51. The Morgan fingerprint density at radius 2 is 2.05 bits per heavy atom. The second-order valence-electron chi connectivity index (χ2n) is 6.60. The van der Waals surface area contributed by atoms with Crippen molar-refractivity contribution in [2.45, 2.75) is 33.6 Å². The minimum atomic E-state index is 0.324. The summed E-state index contributed by atoms with van der Waals surface area (Å²) >= 11 is 5.19. The molecule has 21 heavy (non-hydrogen) atoms. The Morgan fingerprint density at radius 1 is 1.43 bits per heavy atom. The summed E-state index contributed by atoms with van der Waals surface area (Å²) in [7, 11) is 2.19. The highest BCUT2D eigenvalue weighted by Gasteiger charge is 2.29. The Kier molecular flexibility index (Phi) is 4.84. The summed E-state index contributed by atoms with van der Waals surface area (Å²) in [5.41, 5.74) is 9.99. The highest BCUT2D eigenvalue weighted by Crippen LogP contribution is 2.31. The van der Waals surface area contributed by atoms with Crippen molar-refractivity contribution in [1.29, 1.82) is 0 Å². The third-order valence-corrected chi connectivity index (χ3v) is 4.68. The molecule has 0 atom stereocenters. The second-order valence-corrected chi connectivity index (χ2v) is 7.04. The summed E-state index contributed by atoms with van der Waals surface area (Å²) in [6.07, 6.45) is 2.42. The van der Waals surface area contributed by atoms with Gasteiger partial charge in [0, 0.05) is 23.6 Å². The van der Waals surface area contributed by atoms with Gasteiger partial charge in [0.25, 0.3) is 0 Å². The normalized spacial score (nSPS) is 18.5. The van der Waals surface area contributed by atoms with Crippen LogP contribution in [0.4, 0.5) is 5.69 Å².